The SMILES string of the molecule is CCCCCN(Cc1nc(C(=O)OCC)cs1)C(=O)Nc1cccc2ccccc12. The summed E-state index contributed by atoms with van der Waals surface area (Å²) in [6.45, 7) is 5.18. The van der Waals surface area contributed by atoms with E-state index in [0.717, 1.165) is 35.7 Å². The van der Waals surface area contributed by atoms with Crippen molar-refractivity contribution in [2.75, 3.05) is 18.5 Å². The van der Waals surface area contributed by atoms with E-state index in [1.165, 1.54) is 11.3 Å². The molecule has 3 rings (SSSR count). The molecule has 0 radical (unpaired) electrons. The van der Waals surface area contributed by atoms with Gasteiger partial charge < -0.3 is 15.0 Å². The number of aromatic nitrogens is 1. The number of rotatable bonds is 9. The number of esters is 1. The summed E-state index contributed by atoms with van der Waals surface area (Å²) < 4.78 is 5.01. The third kappa shape index (κ3) is 5.57. The van der Waals surface area contributed by atoms with Crippen LogP contribution in [-0.2, 0) is 11.3 Å². The molecule has 0 aliphatic heterocycles. The minimum Gasteiger partial charge on any atom is -0.461 e. The van der Waals surface area contributed by atoms with Crippen LogP contribution >= 0.6 is 11.3 Å². The number of amides is 2. The Morgan fingerprint density at radius 2 is 1.90 bits per heavy atom. The zero-order valence-corrected chi connectivity index (χ0v) is 18.2. The van der Waals surface area contributed by atoms with E-state index < -0.39 is 5.97 Å². The highest BCUT2D eigenvalue weighted by atomic mass is 32.1. The second kappa shape index (κ2) is 10.7. The lowest BCUT2D eigenvalue weighted by Crippen LogP contribution is -2.35. The van der Waals surface area contributed by atoms with Gasteiger partial charge in [0.25, 0.3) is 0 Å². The highest BCUT2D eigenvalue weighted by molar-refractivity contribution is 7.09. The molecule has 1 aromatic heterocycles. The van der Waals surface area contributed by atoms with Gasteiger partial charge in [0.1, 0.15) is 5.01 Å². The molecule has 0 spiro atoms. The number of carbonyl (C=O) groups excluding carboxylic acids is 2. The molecule has 2 amide bonds. The number of urea groups is 1. The molecule has 0 saturated heterocycles. The second-order valence-corrected chi connectivity index (χ2v) is 7.88. The molecule has 1 heterocycles. The smallest absolute Gasteiger partial charge is 0.357 e. The Morgan fingerprint density at radius 3 is 2.70 bits per heavy atom. The molecular weight excluding hydrogens is 398 g/mol. The third-order valence-corrected chi connectivity index (χ3v) is 5.55. The molecule has 0 bridgehead atoms. The van der Waals surface area contributed by atoms with Crippen molar-refractivity contribution in [1.29, 1.82) is 0 Å². The lowest BCUT2D eigenvalue weighted by Gasteiger charge is -2.22. The van der Waals surface area contributed by atoms with Crippen molar-refractivity contribution < 1.29 is 14.3 Å². The van der Waals surface area contributed by atoms with E-state index in [1.54, 1.807) is 17.2 Å². The fraction of sp³-hybridized carbons (Fsp3) is 0.348. The summed E-state index contributed by atoms with van der Waals surface area (Å²) in [5.74, 6) is -0.433. The minimum absolute atomic E-state index is 0.171. The van der Waals surface area contributed by atoms with Gasteiger partial charge in [0.05, 0.1) is 18.8 Å². The first-order valence-corrected chi connectivity index (χ1v) is 11.2. The molecule has 0 atom stereocenters. The lowest BCUT2D eigenvalue weighted by atomic mass is 10.1. The van der Waals surface area contributed by atoms with Crippen molar-refractivity contribution in [3.8, 4) is 0 Å². The van der Waals surface area contributed by atoms with Gasteiger partial charge in [-0.3, -0.25) is 0 Å². The van der Waals surface area contributed by atoms with Gasteiger partial charge in [-0.15, -0.1) is 11.3 Å². The van der Waals surface area contributed by atoms with Gasteiger partial charge in [-0.05, 0) is 24.8 Å². The molecule has 3 aromatic rings. The fourth-order valence-corrected chi connectivity index (χ4v) is 3.96. The number of hydrogen-bond acceptors (Lipinski definition) is 5. The molecule has 0 aliphatic rings. The van der Waals surface area contributed by atoms with Gasteiger partial charge in [0.2, 0.25) is 0 Å². The largest absolute Gasteiger partial charge is 0.461 e. The first-order valence-electron chi connectivity index (χ1n) is 10.3. The number of fused-ring (bicyclic) bond motifs is 1. The maximum atomic E-state index is 13.1. The molecule has 7 heteroatoms. The van der Waals surface area contributed by atoms with Gasteiger partial charge in [-0.2, -0.15) is 0 Å². The Morgan fingerprint density at radius 1 is 1.10 bits per heavy atom. The molecule has 0 aliphatic carbocycles. The molecule has 0 fully saturated rings. The van der Waals surface area contributed by atoms with Gasteiger partial charge in [-0.25, -0.2) is 14.6 Å². The zero-order valence-electron chi connectivity index (χ0n) is 17.4. The van der Waals surface area contributed by atoms with Crippen molar-refractivity contribution in [3.63, 3.8) is 0 Å². The summed E-state index contributed by atoms with van der Waals surface area (Å²) in [6.07, 6.45) is 3.03. The normalized spacial score (nSPS) is 10.7. The second-order valence-electron chi connectivity index (χ2n) is 6.93. The van der Waals surface area contributed by atoms with Crippen LogP contribution in [0, 0.1) is 0 Å². The van der Waals surface area contributed by atoms with Crippen LogP contribution in [0.1, 0.15) is 48.6 Å². The Balaban J connectivity index is 1.75. The molecule has 1 N–H and O–H groups in total. The van der Waals surface area contributed by atoms with Crippen LogP contribution < -0.4 is 5.32 Å². The van der Waals surface area contributed by atoms with E-state index in [4.69, 9.17) is 4.74 Å². The number of thiazole rings is 1. The van der Waals surface area contributed by atoms with Crippen LogP contribution in [0.15, 0.2) is 47.8 Å². The number of carbonyl (C=O) groups is 2. The standard InChI is InChI=1S/C23H27N3O3S/c1-3-5-8-14-26(15-21-24-20(16-30-21)22(27)29-4-2)23(28)25-19-13-9-11-17-10-6-7-12-18(17)19/h6-7,9-13,16H,3-5,8,14-15H2,1-2H3,(H,25,28). The number of unbranched alkanes of at least 4 members (excludes halogenated alkanes) is 2. The summed E-state index contributed by atoms with van der Waals surface area (Å²) in [6, 6.07) is 13.7. The van der Waals surface area contributed by atoms with Crippen LogP contribution in [0.5, 0.6) is 0 Å². The molecule has 6 nitrogen and oxygen atoms in total. The number of anilines is 1. The molecule has 0 unspecified atom stereocenters. The van der Waals surface area contributed by atoms with Crippen molar-refractivity contribution >= 4 is 39.8 Å². The number of benzene rings is 2. The van der Waals surface area contributed by atoms with Crippen molar-refractivity contribution in [3.05, 3.63) is 58.5 Å². The number of nitrogens with one attached hydrogen (secondary N) is 1. The highest BCUT2D eigenvalue weighted by Crippen LogP contribution is 2.24. The lowest BCUT2D eigenvalue weighted by molar-refractivity contribution is 0.0520. The van der Waals surface area contributed by atoms with Crippen LogP contribution in [-0.4, -0.2) is 35.0 Å². The number of ether oxygens (including phenoxy) is 1. The molecule has 2 aromatic carbocycles. The molecule has 30 heavy (non-hydrogen) atoms. The summed E-state index contributed by atoms with van der Waals surface area (Å²) in [5.41, 5.74) is 1.07. The fourth-order valence-electron chi connectivity index (χ4n) is 3.18. The quantitative estimate of drug-likeness (QED) is 0.353. The Hall–Kier alpha value is -2.93. The Labute approximate surface area is 180 Å². The predicted molar refractivity (Wildman–Crippen MR) is 121 cm³/mol. The number of hydrogen-bond donors (Lipinski definition) is 1. The highest BCUT2D eigenvalue weighted by Gasteiger charge is 2.18. The Bertz CT molecular complexity index is 997. The summed E-state index contributed by atoms with van der Waals surface area (Å²) >= 11 is 1.36. The van der Waals surface area contributed by atoms with Crippen LogP contribution in [0.25, 0.3) is 10.8 Å². The average Bonchev–Trinajstić information content (AvgIpc) is 3.22. The van der Waals surface area contributed by atoms with Crippen LogP contribution in [0.4, 0.5) is 10.5 Å². The van der Waals surface area contributed by atoms with E-state index in [1.807, 2.05) is 42.5 Å². The molecule has 158 valence electrons. The maximum Gasteiger partial charge on any atom is 0.357 e. The predicted octanol–water partition coefficient (Wildman–Crippen LogP) is 5.70. The molecular formula is C23H27N3O3S. The summed E-state index contributed by atoms with van der Waals surface area (Å²) in [5, 5.41) is 7.52. The van der Waals surface area contributed by atoms with E-state index in [2.05, 4.69) is 17.2 Å². The van der Waals surface area contributed by atoms with Crippen LogP contribution in [0.2, 0.25) is 0 Å². The van der Waals surface area contributed by atoms with Crippen molar-refractivity contribution in [1.82, 2.24) is 9.88 Å². The monoisotopic (exact) mass is 425 g/mol. The van der Waals surface area contributed by atoms with Gasteiger partial charge in [0.15, 0.2) is 5.69 Å². The topological polar surface area (TPSA) is 71.5 Å². The first-order chi connectivity index (χ1) is 14.6. The van der Waals surface area contributed by atoms with E-state index in [-0.39, 0.29) is 6.03 Å². The number of nitrogens with zero attached hydrogens (tertiary/aromatic N) is 2. The van der Waals surface area contributed by atoms with Crippen LogP contribution in [0.3, 0.4) is 0 Å². The summed E-state index contributed by atoms with van der Waals surface area (Å²) in [4.78, 5) is 31.1. The van der Waals surface area contributed by atoms with Gasteiger partial charge >= 0.3 is 12.0 Å². The van der Waals surface area contributed by atoms with E-state index in [0.29, 0.717) is 30.4 Å². The summed E-state index contributed by atoms with van der Waals surface area (Å²) in [7, 11) is 0. The van der Waals surface area contributed by atoms with Crippen molar-refractivity contribution in [2.24, 2.45) is 0 Å². The third-order valence-electron chi connectivity index (χ3n) is 4.71. The zero-order chi connectivity index (χ0) is 21.3. The average molecular weight is 426 g/mol. The van der Waals surface area contributed by atoms with E-state index >= 15 is 0 Å². The van der Waals surface area contributed by atoms with Gasteiger partial charge in [0, 0.05) is 17.3 Å². The molecule has 0 saturated carbocycles. The van der Waals surface area contributed by atoms with Gasteiger partial charge in [-0.1, -0.05) is 56.2 Å². The maximum absolute atomic E-state index is 13.1. The van der Waals surface area contributed by atoms with E-state index in [9.17, 15) is 9.59 Å². The Kier molecular flexibility index (Phi) is 7.79. The van der Waals surface area contributed by atoms with Crippen molar-refractivity contribution in [2.45, 2.75) is 39.7 Å². The first kappa shape index (κ1) is 21.8. The minimum atomic E-state index is -0.433.